The van der Waals surface area contributed by atoms with Gasteiger partial charge < -0.3 is 10.1 Å². The third-order valence-corrected chi connectivity index (χ3v) is 4.53. The Hall–Kier alpha value is -0.670. The van der Waals surface area contributed by atoms with Crippen LogP contribution in [-0.4, -0.2) is 24.7 Å². The molecule has 1 saturated heterocycles. The number of ether oxygens (including phenoxy) is 1. The second-order valence-corrected chi connectivity index (χ2v) is 5.88. The highest BCUT2D eigenvalue weighted by molar-refractivity contribution is 7.99. The minimum Gasteiger partial charge on any atom is -0.497 e. The summed E-state index contributed by atoms with van der Waals surface area (Å²) in [6.07, 6.45) is 4.18. The van der Waals surface area contributed by atoms with Crippen molar-refractivity contribution in [1.82, 2.24) is 5.32 Å². The molecule has 3 heteroatoms. The molecule has 1 aromatic carbocycles. The number of benzene rings is 1. The number of rotatable bonds is 5. The summed E-state index contributed by atoms with van der Waals surface area (Å²) in [5.74, 6) is 2.27. The average Bonchev–Trinajstić information content (AvgIpc) is 2.41. The van der Waals surface area contributed by atoms with Crippen molar-refractivity contribution >= 4 is 11.8 Å². The molecule has 0 amide bonds. The van der Waals surface area contributed by atoms with Gasteiger partial charge in [-0.05, 0) is 36.3 Å². The lowest BCUT2D eigenvalue weighted by molar-refractivity contribution is 0.414. The predicted molar refractivity (Wildman–Crippen MR) is 74.8 cm³/mol. The zero-order valence-electron chi connectivity index (χ0n) is 10.4. The molecule has 1 atom stereocenters. The molecule has 1 aliphatic heterocycles. The lowest BCUT2D eigenvalue weighted by atomic mass is 10.2. The summed E-state index contributed by atoms with van der Waals surface area (Å²) in [5, 5.41) is 4.37. The van der Waals surface area contributed by atoms with Crippen LogP contribution in [0.4, 0.5) is 0 Å². The number of hydrogen-bond acceptors (Lipinski definition) is 3. The molecule has 1 N–H and O–H groups in total. The van der Waals surface area contributed by atoms with Crippen molar-refractivity contribution in [2.45, 2.75) is 31.1 Å². The Labute approximate surface area is 108 Å². The molecule has 0 spiro atoms. The van der Waals surface area contributed by atoms with Crippen LogP contribution in [0, 0.1) is 0 Å². The van der Waals surface area contributed by atoms with Gasteiger partial charge in [0.1, 0.15) is 5.75 Å². The normalized spacial score (nSPS) is 20.2. The Morgan fingerprint density at radius 1 is 1.29 bits per heavy atom. The molecule has 1 unspecified atom stereocenters. The molecule has 0 aliphatic carbocycles. The van der Waals surface area contributed by atoms with E-state index in [1.165, 1.54) is 30.6 Å². The minimum absolute atomic E-state index is 0.821. The van der Waals surface area contributed by atoms with E-state index in [-0.39, 0.29) is 0 Å². The summed E-state index contributed by atoms with van der Waals surface area (Å²) in [6, 6.07) is 8.29. The van der Waals surface area contributed by atoms with E-state index in [0.717, 1.165) is 24.1 Å². The second-order valence-electron chi connectivity index (χ2n) is 4.47. The van der Waals surface area contributed by atoms with E-state index in [2.05, 4.69) is 29.2 Å². The van der Waals surface area contributed by atoms with Gasteiger partial charge in [-0.25, -0.2) is 0 Å². The van der Waals surface area contributed by atoms with E-state index in [9.17, 15) is 0 Å². The highest BCUT2D eigenvalue weighted by Gasteiger charge is 2.12. The lowest BCUT2D eigenvalue weighted by Gasteiger charge is -2.21. The molecular weight excluding hydrogens is 230 g/mol. The fourth-order valence-corrected chi connectivity index (χ4v) is 3.36. The van der Waals surface area contributed by atoms with Gasteiger partial charge in [0.15, 0.2) is 0 Å². The van der Waals surface area contributed by atoms with Gasteiger partial charge in [-0.15, -0.1) is 0 Å². The van der Waals surface area contributed by atoms with Gasteiger partial charge in [-0.1, -0.05) is 18.6 Å². The first-order chi connectivity index (χ1) is 8.38. The number of nitrogens with one attached hydrogen (secondary N) is 1. The van der Waals surface area contributed by atoms with Crippen molar-refractivity contribution in [3.63, 3.8) is 0 Å². The van der Waals surface area contributed by atoms with Crippen LogP contribution in [0.2, 0.25) is 0 Å². The molecule has 1 aromatic rings. The van der Waals surface area contributed by atoms with Crippen LogP contribution in [0.25, 0.3) is 0 Å². The monoisotopic (exact) mass is 251 g/mol. The highest BCUT2D eigenvalue weighted by atomic mass is 32.2. The van der Waals surface area contributed by atoms with Gasteiger partial charge >= 0.3 is 0 Å². The zero-order chi connectivity index (χ0) is 11.9. The van der Waals surface area contributed by atoms with Crippen LogP contribution in [0.3, 0.4) is 0 Å². The van der Waals surface area contributed by atoms with Crippen LogP contribution in [0.15, 0.2) is 24.3 Å². The fraction of sp³-hybridized carbons (Fsp3) is 0.571. The van der Waals surface area contributed by atoms with Gasteiger partial charge in [-0.3, -0.25) is 0 Å². The van der Waals surface area contributed by atoms with Gasteiger partial charge in [0.05, 0.1) is 7.11 Å². The van der Waals surface area contributed by atoms with Crippen LogP contribution in [0.1, 0.15) is 24.8 Å². The molecule has 0 saturated carbocycles. The average molecular weight is 251 g/mol. The molecule has 17 heavy (non-hydrogen) atoms. The second kappa shape index (κ2) is 6.92. The SMILES string of the molecule is COc1ccc(CNCC2CCCCS2)cc1. The maximum atomic E-state index is 5.15. The molecule has 1 heterocycles. The fourth-order valence-electron chi connectivity index (χ4n) is 2.09. The van der Waals surface area contributed by atoms with E-state index < -0.39 is 0 Å². The minimum atomic E-state index is 0.821. The topological polar surface area (TPSA) is 21.3 Å². The summed E-state index contributed by atoms with van der Waals surface area (Å²) in [5.41, 5.74) is 1.33. The molecule has 1 aliphatic rings. The van der Waals surface area contributed by atoms with Crippen molar-refractivity contribution in [2.24, 2.45) is 0 Å². The quantitative estimate of drug-likeness (QED) is 0.869. The summed E-state index contributed by atoms with van der Waals surface area (Å²) in [6.45, 7) is 2.09. The van der Waals surface area contributed by atoms with Crippen LogP contribution < -0.4 is 10.1 Å². The highest BCUT2D eigenvalue weighted by Crippen LogP contribution is 2.24. The van der Waals surface area contributed by atoms with Crippen molar-refractivity contribution in [3.05, 3.63) is 29.8 Å². The summed E-state index contributed by atoms with van der Waals surface area (Å²) < 4.78 is 5.15. The van der Waals surface area contributed by atoms with E-state index in [1.807, 2.05) is 12.1 Å². The van der Waals surface area contributed by atoms with Crippen molar-refractivity contribution in [2.75, 3.05) is 19.4 Å². The predicted octanol–water partition coefficient (Wildman–Crippen LogP) is 3.07. The molecule has 2 rings (SSSR count). The van der Waals surface area contributed by atoms with Gasteiger partial charge in [0.25, 0.3) is 0 Å². The van der Waals surface area contributed by atoms with E-state index in [4.69, 9.17) is 4.74 Å². The Kier molecular flexibility index (Phi) is 5.20. The van der Waals surface area contributed by atoms with Crippen LogP contribution in [0.5, 0.6) is 5.75 Å². The van der Waals surface area contributed by atoms with Gasteiger partial charge in [-0.2, -0.15) is 11.8 Å². The van der Waals surface area contributed by atoms with Crippen molar-refractivity contribution < 1.29 is 4.74 Å². The lowest BCUT2D eigenvalue weighted by Crippen LogP contribution is -2.26. The van der Waals surface area contributed by atoms with Gasteiger partial charge in [0, 0.05) is 18.3 Å². The third kappa shape index (κ3) is 4.25. The smallest absolute Gasteiger partial charge is 0.118 e. The summed E-state index contributed by atoms with van der Waals surface area (Å²) in [4.78, 5) is 0. The van der Waals surface area contributed by atoms with Crippen molar-refractivity contribution in [1.29, 1.82) is 0 Å². The van der Waals surface area contributed by atoms with E-state index >= 15 is 0 Å². The maximum absolute atomic E-state index is 5.15. The Morgan fingerprint density at radius 2 is 2.12 bits per heavy atom. The molecule has 0 aromatic heterocycles. The summed E-state index contributed by atoms with van der Waals surface area (Å²) in [7, 11) is 1.70. The molecular formula is C14H21NOS. The van der Waals surface area contributed by atoms with E-state index in [1.54, 1.807) is 7.11 Å². The van der Waals surface area contributed by atoms with Gasteiger partial charge in [0.2, 0.25) is 0 Å². The number of thioether (sulfide) groups is 1. The zero-order valence-corrected chi connectivity index (χ0v) is 11.3. The van der Waals surface area contributed by atoms with Crippen LogP contribution in [-0.2, 0) is 6.54 Å². The molecule has 0 radical (unpaired) electrons. The first-order valence-corrected chi connectivity index (χ1v) is 7.38. The maximum Gasteiger partial charge on any atom is 0.118 e. The standard InChI is InChI=1S/C14H21NOS/c1-16-13-7-5-12(6-8-13)10-15-11-14-4-2-3-9-17-14/h5-8,14-15H,2-4,9-11H2,1H3. The van der Waals surface area contributed by atoms with E-state index in [0.29, 0.717) is 0 Å². The third-order valence-electron chi connectivity index (χ3n) is 3.13. The Balaban J connectivity index is 1.69. The molecule has 0 bridgehead atoms. The Morgan fingerprint density at radius 3 is 2.76 bits per heavy atom. The molecule has 1 fully saturated rings. The molecule has 94 valence electrons. The van der Waals surface area contributed by atoms with Crippen molar-refractivity contribution in [3.8, 4) is 5.75 Å². The number of methoxy groups -OCH3 is 1. The first kappa shape index (κ1) is 12.8. The summed E-state index contributed by atoms with van der Waals surface area (Å²) >= 11 is 2.12. The largest absolute Gasteiger partial charge is 0.497 e. The first-order valence-electron chi connectivity index (χ1n) is 6.34. The molecule has 2 nitrogen and oxygen atoms in total. The van der Waals surface area contributed by atoms with Crippen LogP contribution >= 0.6 is 11.8 Å². The number of hydrogen-bond donors (Lipinski definition) is 1. The Bertz CT molecular complexity index is 319.